The van der Waals surface area contributed by atoms with Crippen LogP contribution in [0.25, 0.3) is 0 Å². The van der Waals surface area contributed by atoms with Gasteiger partial charge in [-0.15, -0.1) is 0 Å². The minimum absolute atomic E-state index is 0.0159. The molecule has 2 aliphatic rings. The third-order valence-electron chi connectivity index (χ3n) is 6.79. The summed E-state index contributed by atoms with van der Waals surface area (Å²) < 4.78 is 5.10. The smallest absolute Gasteiger partial charge is 0.261 e. The molecule has 2 aromatic carbocycles. The number of rotatable bonds is 4. The lowest BCUT2D eigenvalue weighted by atomic mass is 10.0. The normalized spacial score (nSPS) is 20.0. The topological polar surface area (TPSA) is 90.7 Å². The number of hydrogen-bond donors (Lipinski definition) is 2. The summed E-state index contributed by atoms with van der Waals surface area (Å²) in [7, 11) is 0. The molecule has 2 unspecified atom stereocenters. The summed E-state index contributed by atoms with van der Waals surface area (Å²) >= 11 is 6.69. The van der Waals surface area contributed by atoms with E-state index in [0.717, 1.165) is 36.6 Å². The van der Waals surface area contributed by atoms with Crippen molar-refractivity contribution in [3.8, 4) is 0 Å². The lowest BCUT2D eigenvalue weighted by molar-refractivity contribution is -0.111. The number of fused-ring (bicyclic) bond motifs is 1. The summed E-state index contributed by atoms with van der Waals surface area (Å²) in [5.41, 5.74) is 4.46. The van der Waals surface area contributed by atoms with E-state index in [1.165, 1.54) is 0 Å². The predicted octanol–water partition coefficient (Wildman–Crippen LogP) is 4.96. The number of anilines is 3. The minimum atomic E-state index is -0.276. The average molecular weight is 506 g/mol. The zero-order valence-electron chi connectivity index (χ0n) is 20.4. The van der Waals surface area contributed by atoms with Gasteiger partial charge in [0.25, 0.3) is 5.91 Å². The Labute approximate surface area is 214 Å². The SMILES string of the molecule is Cc1noc(C)c1C(=O)Nc1ccc(N2CCN(C3C=CC(=O)Nc4ccccc43)CC2C)c(Cl)c1. The summed E-state index contributed by atoms with van der Waals surface area (Å²) in [6.45, 7) is 8.01. The highest BCUT2D eigenvalue weighted by Gasteiger charge is 2.31. The van der Waals surface area contributed by atoms with Crippen LogP contribution in [0.5, 0.6) is 0 Å². The highest BCUT2D eigenvalue weighted by atomic mass is 35.5. The first-order valence-corrected chi connectivity index (χ1v) is 12.3. The van der Waals surface area contributed by atoms with Gasteiger partial charge in [-0.2, -0.15) is 0 Å². The Morgan fingerprint density at radius 1 is 1.19 bits per heavy atom. The zero-order valence-corrected chi connectivity index (χ0v) is 21.2. The molecule has 0 aliphatic carbocycles. The van der Waals surface area contributed by atoms with Gasteiger partial charge in [0, 0.05) is 43.1 Å². The number of hydrogen-bond acceptors (Lipinski definition) is 6. The van der Waals surface area contributed by atoms with Gasteiger partial charge < -0.3 is 20.1 Å². The average Bonchev–Trinajstić information content (AvgIpc) is 3.08. The predicted molar refractivity (Wildman–Crippen MR) is 141 cm³/mol. The van der Waals surface area contributed by atoms with Gasteiger partial charge in [-0.25, -0.2) is 0 Å². The maximum absolute atomic E-state index is 12.7. The van der Waals surface area contributed by atoms with Crippen molar-refractivity contribution in [1.29, 1.82) is 0 Å². The van der Waals surface area contributed by atoms with Crippen LogP contribution in [0.3, 0.4) is 0 Å². The van der Waals surface area contributed by atoms with E-state index in [1.54, 1.807) is 26.0 Å². The number of carbonyl (C=O) groups excluding carboxylic acids is 2. The number of nitrogens with zero attached hydrogens (tertiary/aromatic N) is 3. The van der Waals surface area contributed by atoms with Crippen molar-refractivity contribution in [2.45, 2.75) is 32.9 Å². The lowest BCUT2D eigenvalue weighted by Crippen LogP contribution is -2.52. The van der Waals surface area contributed by atoms with Crippen molar-refractivity contribution < 1.29 is 14.1 Å². The number of carbonyl (C=O) groups is 2. The lowest BCUT2D eigenvalue weighted by Gasteiger charge is -2.44. The first-order chi connectivity index (χ1) is 17.3. The van der Waals surface area contributed by atoms with Crippen molar-refractivity contribution in [2.24, 2.45) is 0 Å². The number of benzene rings is 2. The number of piperazine rings is 1. The van der Waals surface area contributed by atoms with Gasteiger partial charge in [-0.1, -0.05) is 41.0 Å². The van der Waals surface area contributed by atoms with Crippen molar-refractivity contribution in [1.82, 2.24) is 10.1 Å². The first kappa shape index (κ1) is 24.1. The van der Waals surface area contributed by atoms with E-state index in [4.69, 9.17) is 16.1 Å². The van der Waals surface area contributed by atoms with Crippen LogP contribution in [0.2, 0.25) is 5.02 Å². The molecule has 1 aromatic heterocycles. The van der Waals surface area contributed by atoms with E-state index < -0.39 is 0 Å². The fourth-order valence-electron chi connectivity index (χ4n) is 5.06. The first-order valence-electron chi connectivity index (χ1n) is 11.9. The summed E-state index contributed by atoms with van der Waals surface area (Å²) in [5.74, 6) is 0.0948. The van der Waals surface area contributed by atoms with Gasteiger partial charge in [-0.3, -0.25) is 14.5 Å². The van der Waals surface area contributed by atoms with Crippen LogP contribution >= 0.6 is 11.6 Å². The second kappa shape index (κ2) is 9.79. The number of aryl methyl sites for hydroxylation is 2. The maximum Gasteiger partial charge on any atom is 0.261 e. The highest BCUT2D eigenvalue weighted by molar-refractivity contribution is 6.33. The van der Waals surface area contributed by atoms with Gasteiger partial charge in [0.15, 0.2) is 0 Å². The van der Waals surface area contributed by atoms with E-state index >= 15 is 0 Å². The molecule has 186 valence electrons. The molecule has 0 saturated carbocycles. The molecule has 2 atom stereocenters. The van der Waals surface area contributed by atoms with Crippen LogP contribution < -0.4 is 15.5 Å². The molecule has 1 fully saturated rings. The van der Waals surface area contributed by atoms with Crippen LogP contribution in [0, 0.1) is 13.8 Å². The van der Waals surface area contributed by atoms with Crippen LogP contribution in [0.15, 0.2) is 59.1 Å². The monoisotopic (exact) mass is 505 g/mol. The molecule has 0 bridgehead atoms. The van der Waals surface area contributed by atoms with Crippen LogP contribution in [0.4, 0.5) is 17.1 Å². The number of aromatic nitrogens is 1. The van der Waals surface area contributed by atoms with Crippen LogP contribution in [-0.4, -0.2) is 47.5 Å². The van der Waals surface area contributed by atoms with Crippen molar-refractivity contribution in [2.75, 3.05) is 35.2 Å². The second-order valence-electron chi connectivity index (χ2n) is 9.24. The van der Waals surface area contributed by atoms with E-state index in [0.29, 0.717) is 27.7 Å². The summed E-state index contributed by atoms with van der Waals surface area (Å²) in [4.78, 5) is 29.5. The Kier molecular flexibility index (Phi) is 6.55. The molecule has 9 heteroatoms. The van der Waals surface area contributed by atoms with Crippen molar-refractivity contribution in [3.05, 3.63) is 82.2 Å². The van der Waals surface area contributed by atoms with Crippen LogP contribution in [0.1, 0.15) is 40.3 Å². The van der Waals surface area contributed by atoms with Gasteiger partial charge in [0.2, 0.25) is 5.91 Å². The third-order valence-corrected chi connectivity index (χ3v) is 7.10. The molecule has 5 rings (SSSR count). The molecule has 3 heterocycles. The van der Waals surface area contributed by atoms with E-state index in [1.807, 2.05) is 36.4 Å². The zero-order chi connectivity index (χ0) is 25.4. The third kappa shape index (κ3) is 4.62. The summed E-state index contributed by atoms with van der Waals surface area (Å²) in [6.07, 6.45) is 3.60. The Morgan fingerprint density at radius 3 is 2.72 bits per heavy atom. The summed E-state index contributed by atoms with van der Waals surface area (Å²) in [6, 6.07) is 13.7. The Bertz CT molecular complexity index is 1330. The quantitative estimate of drug-likeness (QED) is 0.521. The molecule has 0 radical (unpaired) electrons. The van der Waals surface area contributed by atoms with Crippen molar-refractivity contribution >= 4 is 40.5 Å². The van der Waals surface area contributed by atoms with Gasteiger partial charge in [-0.05, 0) is 50.6 Å². The number of para-hydroxylation sites is 1. The van der Waals surface area contributed by atoms with Crippen LogP contribution in [-0.2, 0) is 4.79 Å². The van der Waals surface area contributed by atoms with Gasteiger partial charge in [0.1, 0.15) is 11.3 Å². The Hall–Kier alpha value is -3.62. The summed E-state index contributed by atoms with van der Waals surface area (Å²) in [5, 5.41) is 10.3. The van der Waals surface area contributed by atoms with Gasteiger partial charge >= 0.3 is 0 Å². The molecule has 0 spiro atoms. The molecule has 1 saturated heterocycles. The number of halogens is 1. The fourth-order valence-corrected chi connectivity index (χ4v) is 5.35. The molecular formula is C27H28ClN5O3. The fraction of sp³-hybridized carbons (Fsp3) is 0.296. The molecule has 3 aromatic rings. The van der Waals surface area contributed by atoms with E-state index in [2.05, 4.69) is 38.6 Å². The van der Waals surface area contributed by atoms with Gasteiger partial charge in [0.05, 0.1) is 22.4 Å². The number of amides is 2. The van der Waals surface area contributed by atoms with Crippen molar-refractivity contribution in [3.63, 3.8) is 0 Å². The standard InChI is InChI=1S/C27H28ClN5O3/c1-16-15-32(23-10-11-25(34)30-22-7-5-4-6-20(22)23)12-13-33(16)24-9-8-19(14-21(24)28)29-27(35)26-17(2)31-36-18(26)3/h4-11,14,16,23H,12-13,15H2,1-3H3,(H,29,35)(H,30,34). The molecule has 2 aliphatic heterocycles. The van der Waals surface area contributed by atoms with E-state index in [9.17, 15) is 9.59 Å². The molecule has 2 amide bonds. The number of nitrogens with one attached hydrogen (secondary N) is 2. The molecular weight excluding hydrogens is 478 g/mol. The minimum Gasteiger partial charge on any atom is -0.365 e. The molecule has 8 nitrogen and oxygen atoms in total. The molecule has 36 heavy (non-hydrogen) atoms. The second-order valence-corrected chi connectivity index (χ2v) is 9.64. The maximum atomic E-state index is 12.7. The Balaban J connectivity index is 1.30. The highest BCUT2D eigenvalue weighted by Crippen LogP contribution is 2.36. The Morgan fingerprint density at radius 2 is 2.00 bits per heavy atom. The molecule has 2 N–H and O–H groups in total. The van der Waals surface area contributed by atoms with E-state index in [-0.39, 0.29) is 23.9 Å². The largest absolute Gasteiger partial charge is 0.365 e.